The summed E-state index contributed by atoms with van der Waals surface area (Å²) >= 11 is 0. The molecule has 1 aliphatic rings. The number of nitrogen functional groups attached to an aromatic ring is 1. The van der Waals surface area contributed by atoms with Crippen LogP contribution in [-0.4, -0.2) is 15.0 Å². The van der Waals surface area contributed by atoms with Gasteiger partial charge < -0.3 is 5.73 Å². The lowest BCUT2D eigenvalue weighted by Crippen LogP contribution is -2.29. The van der Waals surface area contributed by atoms with Crippen LogP contribution in [0.4, 0.5) is 15.8 Å². The molecule has 0 saturated heterocycles. The van der Waals surface area contributed by atoms with E-state index in [4.69, 9.17) is 5.73 Å². The van der Waals surface area contributed by atoms with Crippen LogP contribution in [0.3, 0.4) is 0 Å². The third-order valence-corrected chi connectivity index (χ3v) is 5.21. The van der Waals surface area contributed by atoms with Gasteiger partial charge in [0.2, 0.25) is 0 Å². The molecule has 104 valence electrons. The second kappa shape index (κ2) is 4.49. The summed E-state index contributed by atoms with van der Waals surface area (Å²) in [5.74, 6) is -0.825. The molecule has 0 atom stereocenters. The summed E-state index contributed by atoms with van der Waals surface area (Å²) in [7, 11) is -3.90. The van der Waals surface area contributed by atoms with Crippen LogP contribution in [0.15, 0.2) is 47.4 Å². The fourth-order valence-electron chi connectivity index (χ4n) is 2.40. The minimum Gasteiger partial charge on any atom is -0.399 e. The molecule has 0 bridgehead atoms. The Morgan fingerprint density at radius 3 is 2.65 bits per heavy atom. The molecule has 0 unspecified atom stereocenters. The van der Waals surface area contributed by atoms with Gasteiger partial charge in [-0.1, -0.05) is 18.2 Å². The van der Waals surface area contributed by atoms with Crippen molar-refractivity contribution in [3.05, 3.63) is 53.8 Å². The van der Waals surface area contributed by atoms with E-state index in [-0.39, 0.29) is 10.6 Å². The summed E-state index contributed by atoms with van der Waals surface area (Å²) in [5.41, 5.74) is 7.22. The molecule has 1 aliphatic heterocycles. The van der Waals surface area contributed by atoms with Crippen LogP contribution in [-0.2, 0) is 16.4 Å². The first-order chi connectivity index (χ1) is 9.50. The average molecular weight is 292 g/mol. The number of sulfonamides is 1. The van der Waals surface area contributed by atoms with E-state index in [1.807, 2.05) is 12.1 Å². The molecule has 0 aliphatic carbocycles. The maximum atomic E-state index is 13.9. The summed E-state index contributed by atoms with van der Waals surface area (Å²) < 4.78 is 40.3. The zero-order valence-electron chi connectivity index (χ0n) is 10.6. The highest BCUT2D eigenvalue weighted by atomic mass is 32.2. The van der Waals surface area contributed by atoms with Gasteiger partial charge in [0.1, 0.15) is 10.7 Å². The highest BCUT2D eigenvalue weighted by molar-refractivity contribution is 7.92. The molecule has 4 nitrogen and oxygen atoms in total. The number of fused-ring (bicyclic) bond motifs is 1. The second-order valence-corrected chi connectivity index (χ2v) is 6.48. The third-order valence-electron chi connectivity index (χ3n) is 3.37. The largest absolute Gasteiger partial charge is 0.399 e. The van der Waals surface area contributed by atoms with Crippen molar-refractivity contribution in [1.82, 2.24) is 0 Å². The number of rotatable bonds is 2. The van der Waals surface area contributed by atoms with Crippen molar-refractivity contribution < 1.29 is 12.8 Å². The van der Waals surface area contributed by atoms with E-state index >= 15 is 0 Å². The Morgan fingerprint density at radius 1 is 1.15 bits per heavy atom. The van der Waals surface area contributed by atoms with Gasteiger partial charge in [0.05, 0.1) is 5.69 Å². The molecule has 0 amide bonds. The number of halogens is 1. The fraction of sp³-hybridized carbons (Fsp3) is 0.143. The van der Waals surface area contributed by atoms with Crippen molar-refractivity contribution in [3.63, 3.8) is 0 Å². The highest BCUT2D eigenvalue weighted by Crippen LogP contribution is 2.33. The Kier molecular flexibility index (Phi) is 2.90. The molecule has 0 radical (unpaired) electrons. The zero-order chi connectivity index (χ0) is 14.3. The molecule has 0 spiro atoms. The topological polar surface area (TPSA) is 63.4 Å². The molecular formula is C14H13FN2O2S. The minimum absolute atomic E-state index is 0.197. The number of nitrogens with two attached hydrogens (primary N) is 1. The van der Waals surface area contributed by atoms with Crippen molar-refractivity contribution in [2.24, 2.45) is 0 Å². The van der Waals surface area contributed by atoms with Crippen molar-refractivity contribution in [2.45, 2.75) is 11.3 Å². The number of anilines is 2. The van der Waals surface area contributed by atoms with Gasteiger partial charge >= 0.3 is 0 Å². The number of benzene rings is 2. The zero-order valence-corrected chi connectivity index (χ0v) is 11.4. The lowest BCUT2D eigenvalue weighted by molar-refractivity contribution is 0.565. The van der Waals surface area contributed by atoms with Gasteiger partial charge in [-0.05, 0) is 36.2 Å². The Hall–Kier alpha value is -2.08. The van der Waals surface area contributed by atoms with E-state index in [1.54, 1.807) is 12.1 Å². The molecular weight excluding hydrogens is 279 g/mol. The van der Waals surface area contributed by atoms with E-state index in [0.717, 1.165) is 11.6 Å². The van der Waals surface area contributed by atoms with Crippen LogP contribution in [0.1, 0.15) is 5.56 Å². The first-order valence-corrected chi connectivity index (χ1v) is 7.60. The fourth-order valence-corrected chi connectivity index (χ4v) is 3.95. The predicted octanol–water partition coefficient (Wildman–Crippen LogP) is 2.16. The SMILES string of the molecule is Nc1ccc(S(=O)(=O)N2CCc3ccccc32)c(F)c1. The smallest absolute Gasteiger partial charge is 0.267 e. The van der Waals surface area contributed by atoms with Crippen molar-refractivity contribution in [2.75, 3.05) is 16.6 Å². The van der Waals surface area contributed by atoms with Gasteiger partial charge in [0, 0.05) is 12.2 Å². The van der Waals surface area contributed by atoms with Crippen molar-refractivity contribution in [3.8, 4) is 0 Å². The molecule has 0 fully saturated rings. The van der Waals surface area contributed by atoms with Crippen LogP contribution in [0, 0.1) is 5.82 Å². The number of hydrogen-bond acceptors (Lipinski definition) is 3. The van der Waals surface area contributed by atoms with Crippen LogP contribution in [0.2, 0.25) is 0 Å². The van der Waals surface area contributed by atoms with Crippen molar-refractivity contribution >= 4 is 21.4 Å². The first-order valence-electron chi connectivity index (χ1n) is 6.16. The third kappa shape index (κ3) is 1.92. The Labute approximate surface area is 116 Å². The quantitative estimate of drug-likeness (QED) is 0.863. The summed E-state index contributed by atoms with van der Waals surface area (Å²) in [6.07, 6.45) is 0.631. The molecule has 1 heterocycles. The molecule has 3 rings (SSSR count). The summed E-state index contributed by atoms with van der Waals surface area (Å²) in [5, 5.41) is 0. The van der Waals surface area contributed by atoms with Crippen LogP contribution in [0.25, 0.3) is 0 Å². The van der Waals surface area contributed by atoms with Crippen LogP contribution >= 0.6 is 0 Å². The van der Waals surface area contributed by atoms with Crippen LogP contribution in [0.5, 0.6) is 0 Å². The monoisotopic (exact) mass is 292 g/mol. The van der Waals surface area contributed by atoms with E-state index in [9.17, 15) is 12.8 Å². The maximum Gasteiger partial charge on any atom is 0.267 e. The van der Waals surface area contributed by atoms with E-state index in [1.165, 1.54) is 16.4 Å². The molecule has 2 aromatic carbocycles. The van der Waals surface area contributed by atoms with Gasteiger partial charge in [-0.3, -0.25) is 4.31 Å². The van der Waals surface area contributed by atoms with Gasteiger partial charge in [-0.25, -0.2) is 12.8 Å². The number of nitrogens with zero attached hydrogens (tertiary/aromatic N) is 1. The maximum absolute atomic E-state index is 13.9. The summed E-state index contributed by atoms with van der Waals surface area (Å²) in [4.78, 5) is -0.344. The Morgan fingerprint density at radius 2 is 1.90 bits per heavy atom. The van der Waals surface area contributed by atoms with E-state index < -0.39 is 15.8 Å². The molecule has 0 aromatic heterocycles. The molecule has 20 heavy (non-hydrogen) atoms. The summed E-state index contributed by atoms with van der Waals surface area (Å²) in [6.45, 7) is 0.325. The molecule has 6 heteroatoms. The lowest BCUT2D eigenvalue weighted by atomic mass is 10.2. The average Bonchev–Trinajstić information content (AvgIpc) is 2.82. The van der Waals surface area contributed by atoms with Crippen LogP contribution < -0.4 is 10.0 Å². The van der Waals surface area contributed by atoms with Crippen molar-refractivity contribution in [1.29, 1.82) is 0 Å². The van der Waals surface area contributed by atoms with Gasteiger partial charge in [0.25, 0.3) is 10.0 Å². The standard InChI is InChI=1S/C14H13FN2O2S/c15-12-9-11(16)5-6-14(12)20(18,19)17-8-7-10-3-1-2-4-13(10)17/h1-6,9H,7-8,16H2. The molecule has 0 saturated carbocycles. The summed E-state index contributed by atoms with van der Waals surface area (Å²) in [6, 6.07) is 10.9. The van der Waals surface area contributed by atoms with Gasteiger partial charge in [-0.15, -0.1) is 0 Å². The number of hydrogen-bond donors (Lipinski definition) is 1. The predicted molar refractivity (Wildman–Crippen MR) is 75.5 cm³/mol. The Balaban J connectivity index is 2.10. The van der Waals surface area contributed by atoms with E-state index in [0.29, 0.717) is 18.7 Å². The van der Waals surface area contributed by atoms with Gasteiger partial charge in [0.15, 0.2) is 0 Å². The first kappa shape index (κ1) is 12.9. The second-order valence-electron chi connectivity index (χ2n) is 4.65. The Bertz CT molecular complexity index is 774. The van der Waals surface area contributed by atoms with E-state index in [2.05, 4.69) is 0 Å². The normalized spacial score (nSPS) is 14.3. The number of para-hydroxylation sites is 1. The lowest BCUT2D eigenvalue weighted by Gasteiger charge is -2.20. The minimum atomic E-state index is -3.90. The molecule has 2 aromatic rings. The molecule has 2 N–H and O–H groups in total. The van der Waals surface area contributed by atoms with Gasteiger partial charge in [-0.2, -0.15) is 0 Å². The highest BCUT2D eigenvalue weighted by Gasteiger charge is 2.32.